The van der Waals surface area contributed by atoms with Gasteiger partial charge >= 0.3 is 5.97 Å². The molecule has 0 fully saturated rings. The van der Waals surface area contributed by atoms with Crippen molar-refractivity contribution in [3.63, 3.8) is 0 Å². The number of hydrogen-bond acceptors (Lipinski definition) is 6. The number of carbonyl (C=O) groups excluding carboxylic acids is 3. The summed E-state index contributed by atoms with van der Waals surface area (Å²) in [7, 11) is 0. The van der Waals surface area contributed by atoms with Crippen LogP contribution in [0, 0.1) is 6.92 Å². The van der Waals surface area contributed by atoms with Crippen molar-refractivity contribution in [3.05, 3.63) is 155 Å². The van der Waals surface area contributed by atoms with E-state index >= 15 is 0 Å². The van der Waals surface area contributed by atoms with Gasteiger partial charge in [-0.05, 0) is 83.8 Å². The normalized spacial score (nSPS) is 11.2. The minimum atomic E-state index is -0.599. The zero-order valence-electron chi connectivity index (χ0n) is 24.1. The lowest BCUT2D eigenvalue weighted by molar-refractivity contribution is -0.140. The Kier molecular flexibility index (Phi) is 10.2. The highest BCUT2D eigenvalue weighted by atomic mass is 127. The molecule has 218 valence electrons. The standard InChI is InChI=1S/C37H28INO4S/c1-24-8-9-26(23-38)22-34(24)35(39-43-25(2)40)37(42)31-16-20-33(21-17-31)44-32-18-14-30(15-19-32)36(41)29-12-10-28(11-13-29)27-6-4-3-5-7-27/h3-22H,23H2,1-2H3/b39-35+. The maximum absolute atomic E-state index is 13.5. The van der Waals surface area contributed by atoms with Crippen LogP contribution in [-0.2, 0) is 14.1 Å². The van der Waals surface area contributed by atoms with E-state index in [2.05, 4.69) is 27.7 Å². The van der Waals surface area contributed by atoms with Crippen LogP contribution in [0.15, 0.2) is 136 Å². The number of ketones is 2. The van der Waals surface area contributed by atoms with Gasteiger partial charge < -0.3 is 4.84 Å². The second kappa shape index (κ2) is 14.4. The van der Waals surface area contributed by atoms with Crippen molar-refractivity contribution in [1.29, 1.82) is 0 Å². The van der Waals surface area contributed by atoms with Crippen molar-refractivity contribution in [2.24, 2.45) is 5.16 Å². The molecule has 0 bridgehead atoms. The Labute approximate surface area is 274 Å². The molecule has 0 amide bonds. The Morgan fingerprint density at radius 3 is 1.82 bits per heavy atom. The number of benzene rings is 5. The van der Waals surface area contributed by atoms with E-state index in [1.165, 1.54) is 18.7 Å². The van der Waals surface area contributed by atoms with Gasteiger partial charge in [0.2, 0.25) is 5.78 Å². The summed E-state index contributed by atoms with van der Waals surface area (Å²) in [5.41, 5.74) is 6.46. The number of oxime groups is 1. The van der Waals surface area contributed by atoms with E-state index in [9.17, 15) is 14.4 Å². The first-order chi connectivity index (χ1) is 21.3. The number of alkyl halides is 1. The van der Waals surface area contributed by atoms with Crippen molar-refractivity contribution in [2.45, 2.75) is 28.1 Å². The lowest BCUT2D eigenvalue weighted by Crippen LogP contribution is -2.18. The second-order valence-corrected chi connectivity index (χ2v) is 12.0. The molecule has 5 nitrogen and oxygen atoms in total. The van der Waals surface area contributed by atoms with Crippen LogP contribution in [0.2, 0.25) is 0 Å². The van der Waals surface area contributed by atoms with Crippen LogP contribution in [0.5, 0.6) is 0 Å². The van der Waals surface area contributed by atoms with Crippen molar-refractivity contribution >= 4 is 57.6 Å². The first-order valence-corrected chi connectivity index (χ1v) is 16.2. The number of rotatable bonds is 10. The summed E-state index contributed by atoms with van der Waals surface area (Å²) < 4.78 is 0.767. The van der Waals surface area contributed by atoms with Gasteiger partial charge in [-0.25, -0.2) is 4.79 Å². The predicted octanol–water partition coefficient (Wildman–Crippen LogP) is 9.13. The highest BCUT2D eigenvalue weighted by Gasteiger charge is 2.20. The first-order valence-electron chi connectivity index (χ1n) is 13.9. The van der Waals surface area contributed by atoms with Crippen molar-refractivity contribution in [3.8, 4) is 11.1 Å². The first kappa shape index (κ1) is 31.1. The number of halogens is 1. The van der Waals surface area contributed by atoms with E-state index in [0.29, 0.717) is 22.3 Å². The number of carbonyl (C=O) groups is 3. The average molecular weight is 710 g/mol. The minimum Gasteiger partial charge on any atom is -0.318 e. The Balaban J connectivity index is 1.28. The number of aryl methyl sites for hydroxylation is 1. The van der Waals surface area contributed by atoms with Crippen LogP contribution in [0.1, 0.15) is 49.9 Å². The fourth-order valence-corrected chi connectivity index (χ4v) is 5.85. The third-order valence-electron chi connectivity index (χ3n) is 6.91. The zero-order chi connectivity index (χ0) is 31.1. The van der Waals surface area contributed by atoms with Crippen LogP contribution in [0.4, 0.5) is 0 Å². The molecule has 5 aromatic carbocycles. The van der Waals surface area contributed by atoms with E-state index < -0.39 is 5.97 Å². The fraction of sp³-hybridized carbons (Fsp3) is 0.0811. The van der Waals surface area contributed by atoms with Crippen molar-refractivity contribution in [2.75, 3.05) is 0 Å². The highest BCUT2D eigenvalue weighted by molar-refractivity contribution is 14.1. The van der Waals surface area contributed by atoms with Crippen LogP contribution in [0.25, 0.3) is 11.1 Å². The molecule has 0 saturated heterocycles. The Morgan fingerprint density at radius 2 is 1.25 bits per heavy atom. The van der Waals surface area contributed by atoms with Crippen LogP contribution in [-0.4, -0.2) is 23.2 Å². The van der Waals surface area contributed by atoms with Gasteiger partial charge in [-0.2, -0.15) is 0 Å². The summed E-state index contributed by atoms with van der Waals surface area (Å²) in [6.07, 6.45) is 0. The van der Waals surface area contributed by atoms with E-state index in [0.717, 1.165) is 36.5 Å². The maximum atomic E-state index is 13.5. The van der Waals surface area contributed by atoms with Crippen LogP contribution < -0.4 is 0 Å². The molecule has 0 heterocycles. The molecule has 0 aromatic heterocycles. The minimum absolute atomic E-state index is 0.0329. The third-order valence-corrected chi connectivity index (χ3v) is 8.81. The van der Waals surface area contributed by atoms with Gasteiger partial charge in [0.05, 0.1) is 0 Å². The Bertz CT molecular complexity index is 1830. The third kappa shape index (κ3) is 7.59. The van der Waals surface area contributed by atoms with Gasteiger partial charge in [0, 0.05) is 43.4 Å². The van der Waals surface area contributed by atoms with E-state index in [1.807, 2.05) is 116 Å². The lowest BCUT2D eigenvalue weighted by atomic mass is 9.96. The molecule has 44 heavy (non-hydrogen) atoms. The second-order valence-electron chi connectivity index (χ2n) is 10.1. The maximum Gasteiger partial charge on any atom is 0.332 e. The molecule has 0 atom stereocenters. The van der Waals surface area contributed by atoms with Crippen molar-refractivity contribution in [1.82, 2.24) is 0 Å². The molecule has 5 aromatic rings. The molecule has 0 saturated carbocycles. The van der Waals surface area contributed by atoms with Crippen LogP contribution in [0.3, 0.4) is 0 Å². The van der Waals surface area contributed by atoms with Gasteiger partial charge in [-0.1, -0.05) is 106 Å². The lowest BCUT2D eigenvalue weighted by Gasteiger charge is -2.11. The fourth-order valence-electron chi connectivity index (χ4n) is 4.56. The van der Waals surface area contributed by atoms with Gasteiger partial charge in [-0.3, -0.25) is 9.59 Å². The van der Waals surface area contributed by atoms with Gasteiger partial charge in [-0.15, -0.1) is 0 Å². The molecular weight excluding hydrogens is 681 g/mol. The number of nitrogens with zero attached hydrogens (tertiary/aromatic N) is 1. The molecule has 5 rings (SSSR count). The number of hydrogen-bond donors (Lipinski definition) is 0. The Morgan fingerprint density at radius 1 is 0.705 bits per heavy atom. The molecule has 0 aliphatic carbocycles. The summed E-state index contributed by atoms with van der Waals surface area (Å²) in [5, 5.41) is 3.94. The van der Waals surface area contributed by atoms with E-state index in [1.54, 1.807) is 12.1 Å². The highest BCUT2D eigenvalue weighted by Crippen LogP contribution is 2.29. The Hall–Kier alpha value is -4.34. The molecule has 0 spiro atoms. The molecule has 0 aliphatic heterocycles. The molecule has 0 radical (unpaired) electrons. The van der Waals surface area contributed by atoms with Gasteiger partial charge in [0.15, 0.2) is 11.5 Å². The quantitative estimate of drug-likeness (QED) is 0.0361. The molecule has 7 heteroatoms. The summed E-state index contributed by atoms with van der Waals surface area (Å²) in [6, 6.07) is 38.3. The largest absolute Gasteiger partial charge is 0.332 e. The van der Waals surface area contributed by atoms with Crippen LogP contribution >= 0.6 is 34.4 Å². The zero-order valence-corrected chi connectivity index (χ0v) is 27.1. The number of Topliss-reactive ketones (excluding diaryl/α,β-unsaturated/α-hetero) is 1. The van der Waals surface area contributed by atoms with Gasteiger partial charge in [0.25, 0.3) is 0 Å². The van der Waals surface area contributed by atoms with E-state index in [-0.39, 0.29) is 17.3 Å². The summed E-state index contributed by atoms with van der Waals surface area (Å²) in [4.78, 5) is 44.9. The van der Waals surface area contributed by atoms with E-state index in [4.69, 9.17) is 4.84 Å². The SMILES string of the molecule is CC(=O)O/N=C(/C(=O)c1ccc(Sc2ccc(C(=O)c3ccc(-c4ccccc4)cc3)cc2)cc1)c1cc(CI)ccc1C. The molecule has 0 aliphatic rings. The summed E-state index contributed by atoms with van der Waals surface area (Å²) >= 11 is 3.79. The molecular formula is C37H28INO4S. The van der Waals surface area contributed by atoms with Crippen molar-refractivity contribution < 1.29 is 19.2 Å². The average Bonchev–Trinajstić information content (AvgIpc) is 3.06. The van der Waals surface area contributed by atoms with Gasteiger partial charge in [0.1, 0.15) is 0 Å². The monoisotopic (exact) mass is 709 g/mol. The predicted molar refractivity (Wildman–Crippen MR) is 184 cm³/mol. The topological polar surface area (TPSA) is 72.8 Å². The summed E-state index contributed by atoms with van der Waals surface area (Å²) in [6.45, 7) is 3.14. The molecule has 0 unspecified atom stereocenters. The summed E-state index contributed by atoms with van der Waals surface area (Å²) in [5.74, 6) is -0.968. The molecule has 0 N–H and O–H groups in total. The smallest absolute Gasteiger partial charge is 0.318 e.